The summed E-state index contributed by atoms with van der Waals surface area (Å²) in [5.41, 5.74) is 2.49. The molecule has 1 rings (SSSR count). The van der Waals surface area contributed by atoms with Crippen LogP contribution in [0.1, 0.15) is 53.0 Å². The van der Waals surface area contributed by atoms with Crippen molar-refractivity contribution in [2.24, 2.45) is 11.8 Å². The molecule has 0 aliphatic heterocycles. The van der Waals surface area contributed by atoms with Gasteiger partial charge >= 0.3 is 0 Å². The normalized spacial score (nSPS) is 11.4. The molecule has 0 spiro atoms. The van der Waals surface area contributed by atoms with Crippen LogP contribution in [0, 0.1) is 18.8 Å². The Kier molecular flexibility index (Phi) is 6.90. The van der Waals surface area contributed by atoms with E-state index in [1.165, 1.54) is 24.1 Å². The van der Waals surface area contributed by atoms with Crippen LogP contribution < -0.4 is 10.1 Å². The van der Waals surface area contributed by atoms with E-state index < -0.39 is 0 Å². The predicted molar refractivity (Wildman–Crippen MR) is 88.7 cm³/mol. The highest BCUT2D eigenvalue weighted by Crippen LogP contribution is 2.25. The van der Waals surface area contributed by atoms with Gasteiger partial charge in [-0.25, -0.2) is 0 Å². The van der Waals surface area contributed by atoms with Crippen molar-refractivity contribution in [2.75, 3.05) is 11.9 Å². The lowest BCUT2D eigenvalue weighted by molar-refractivity contribution is 0.340. The third-order valence-electron chi connectivity index (χ3n) is 3.38. The molecule has 0 saturated heterocycles. The van der Waals surface area contributed by atoms with Crippen LogP contribution in [-0.2, 0) is 0 Å². The van der Waals surface area contributed by atoms with Crippen LogP contribution in [0.3, 0.4) is 0 Å². The lowest BCUT2D eigenvalue weighted by Gasteiger charge is -2.24. The largest absolute Gasteiger partial charge is 0.494 e. The van der Waals surface area contributed by atoms with Gasteiger partial charge in [0.15, 0.2) is 0 Å². The molecule has 0 saturated carbocycles. The molecule has 2 nitrogen and oxygen atoms in total. The second-order valence-corrected chi connectivity index (χ2v) is 6.51. The van der Waals surface area contributed by atoms with Gasteiger partial charge < -0.3 is 10.1 Å². The summed E-state index contributed by atoms with van der Waals surface area (Å²) in [6, 6.07) is 6.87. The Morgan fingerprint density at radius 1 is 1.05 bits per heavy atom. The number of anilines is 1. The van der Waals surface area contributed by atoms with Crippen molar-refractivity contribution >= 4 is 5.69 Å². The van der Waals surface area contributed by atoms with E-state index >= 15 is 0 Å². The number of benzene rings is 1. The summed E-state index contributed by atoms with van der Waals surface area (Å²) >= 11 is 0. The zero-order valence-electron chi connectivity index (χ0n) is 14.0. The van der Waals surface area contributed by atoms with Gasteiger partial charge in [0.05, 0.1) is 6.61 Å². The van der Waals surface area contributed by atoms with Crippen LogP contribution >= 0.6 is 0 Å². The number of aryl methyl sites for hydroxylation is 1. The Bertz CT molecular complexity index is 388. The summed E-state index contributed by atoms with van der Waals surface area (Å²) in [6.45, 7) is 14.0. The third-order valence-corrected chi connectivity index (χ3v) is 3.38. The van der Waals surface area contributed by atoms with Crippen molar-refractivity contribution in [1.29, 1.82) is 0 Å². The number of nitrogens with one attached hydrogen (secondary N) is 1. The van der Waals surface area contributed by atoms with E-state index in [-0.39, 0.29) is 0 Å². The van der Waals surface area contributed by atoms with Crippen molar-refractivity contribution < 1.29 is 4.74 Å². The highest BCUT2D eigenvalue weighted by molar-refractivity contribution is 5.54. The first-order valence-electron chi connectivity index (χ1n) is 7.92. The van der Waals surface area contributed by atoms with Gasteiger partial charge in [-0.15, -0.1) is 0 Å². The van der Waals surface area contributed by atoms with E-state index in [0.717, 1.165) is 12.4 Å². The number of rotatable bonds is 8. The standard InChI is InChI=1S/C18H31NO/c1-7-20-17-8-9-18(15(6)12-17)19-16(10-13(2)3)11-14(4)5/h8-9,12-14,16,19H,7,10-11H2,1-6H3. The van der Waals surface area contributed by atoms with Gasteiger partial charge in [0.25, 0.3) is 0 Å². The van der Waals surface area contributed by atoms with Crippen LogP contribution in [0.5, 0.6) is 5.75 Å². The first-order chi connectivity index (χ1) is 9.42. The van der Waals surface area contributed by atoms with Crippen molar-refractivity contribution in [3.05, 3.63) is 23.8 Å². The summed E-state index contributed by atoms with van der Waals surface area (Å²) in [5, 5.41) is 3.72. The Morgan fingerprint density at radius 3 is 2.10 bits per heavy atom. The van der Waals surface area contributed by atoms with Crippen LogP contribution in [-0.4, -0.2) is 12.6 Å². The van der Waals surface area contributed by atoms with Gasteiger partial charge in [-0.1, -0.05) is 27.7 Å². The Balaban J connectivity index is 2.76. The lowest BCUT2D eigenvalue weighted by atomic mass is 9.95. The van der Waals surface area contributed by atoms with Gasteiger partial charge in [0, 0.05) is 11.7 Å². The fourth-order valence-corrected chi connectivity index (χ4v) is 2.63. The average molecular weight is 277 g/mol. The highest BCUT2D eigenvalue weighted by atomic mass is 16.5. The maximum absolute atomic E-state index is 5.55. The predicted octanol–water partition coefficient (Wildman–Crippen LogP) is 5.27. The minimum atomic E-state index is 0.548. The minimum absolute atomic E-state index is 0.548. The number of ether oxygens (including phenoxy) is 1. The van der Waals surface area contributed by atoms with E-state index in [2.05, 4.69) is 58.1 Å². The van der Waals surface area contributed by atoms with Crippen molar-refractivity contribution in [2.45, 2.75) is 60.4 Å². The van der Waals surface area contributed by atoms with Gasteiger partial charge in [0.2, 0.25) is 0 Å². The van der Waals surface area contributed by atoms with Crippen molar-refractivity contribution in [3.8, 4) is 5.75 Å². The molecule has 0 atom stereocenters. The second kappa shape index (κ2) is 8.18. The monoisotopic (exact) mass is 277 g/mol. The first-order valence-corrected chi connectivity index (χ1v) is 7.92. The molecule has 2 heteroatoms. The second-order valence-electron chi connectivity index (χ2n) is 6.51. The van der Waals surface area contributed by atoms with Crippen LogP contribution in [0.25, 0.3) is 0 Å². The van der Waals surface area contributed by atoms with Gasteiger partial charge in [0.1, 0.15) is 5.75 Å². The number of hydrogen-bond donors (Lipinski definition) is 1. The molecule has 20 heavy (non-hydrogen) atoms. The minimum Gasteiger partial charge on any atom is -0.494 e. The molecular weight excluding hydrogens is 246 g/mol. The Morgan fingerprint density at radius 2 is 1.65 bits per heavy atom. The SMILES string of the molecule is CCOc1ccc(NC(CC(C)C)CC(C)C)c(C)c1. The topological polar surface area (TPSA) is 21.3 Å². The molecule has 0 unspecified atom stereocenters. The van der Waals surface area contributed by atoms with E-state index in [1.807, 2.05) is 6.92 Å². The molecule has 1 N–H and O–H groups in total. The molecular formula is C18H31NO. The van der Waals surface area contributed by atoms with Crippen LogP contribution in [0.4, 0.5) is 5.69 Å². The zero-order chi connectivity index (χ0) is 15.1. The quantitative estimate of drug-likeness (QED) is 0.699. The lowest BCUT2D eigenvalue weighted by Crippen LogP contribution is -2.24. The molecule has 1 aromatic rings. The molecule has 0 aliphatic carbocycles. The smallest absolute Gasteiger partial charge is 0.119 e. The van der Waals surface area contributed by atoms with Crippen LogP contribution in [0.15, 0.2) is 18.2 Å². The Labute approximate surface area is 124 Å². The van der Waals surface area contributed by atoms with Gasteiger partial charge in [-0.05, 0) is 62.3 Å². The van der Waals surface area contributed by atoms with Gasteiger partial charge in [-0.3, -0.25) is 0 Å². The fourth-order valence-electron chi connectivity index (χ4n) is 2.63. The maximum Gasteiger partial charge on any atom is 0.119 e. The number of hydrogen-bond acceptors (Lipinski definition) is 2. The zero-order valence-corrected chi connectivity index (χ0v) is 14.0. The summed E-state index contributed by atoms with van der Waals surface area (Å²) < 4.78 is 5.55. The van der Waals surface area contributed by atoms with Crippen molar-refractivity contribution in [3.63, 3.8) is 0 Å². The van der Waals surface area contributed by atoms with E-state index in [4.69, 9.17) is 4.74 Å². The Hall–Kier alpha value is -1.18. The van der Waals surface area contributed by atoms with Crippen molar-refractivity contribution in [1.82, 2.24) is 0 Å². The van der Waals surface area contributed by atoms with E-state index in [1.54, 1.807) is 0 Å². The summed E-state index contributed by atoms with van der Waals surface area (Å²) in [7, 11) is 0. The third kappa shape index (κ3) is 5.85. The molecule has 0 radical (unpaired) electrons. The maximum atomic E-state index is 5.55. The molecule has 0 bridgehead atoms. The molecule has 1 aromatic carbocycles. The van der Waals surface area contributed by atoms with E-state index in [9.17, 15) is 0 Å². The molecule has 114 valence electrons. The highest BCUT2D eigenvalue weighted by Gasteiger charge is 2.14. The molecule has 0 fully saturated rings. The van der Waals surface area contributed by atoms with E-state index in [0.29, 0.717) is 17.9 Å². The molecule has 0 aliphatic rings. The molecule has 0 aromatic heterocycles. The average Bonchev–Trinajstić information content (AvgIpc) is 2.31. The summed E-state index contributed by atoms with van der Waals surface area (Å²) in [5.74, 6) is 2.39. The fraction of sp³-hybridized carbons (Fsp3) is 0.667. The summed E-state index contributed by atoms with van der Waals surface area (Å²) in [6.07, 6.45) is 2.43. The van der Waals surface area contributed by atoms with Crippen LogP contribution in [0.2, 0.25) is 0 Å². The molecule has 0 amide bonds. The first kappa shape index (κ1) is 16.9. The molecule has 0 heterocycles. The summed E-state index contributed by atoms with van der Waals surface area (Å²) in [4.78, 5) is 0. The van der Waals surface area contributed by atoms with Gasteiger partial charge in [-0.2, -0.15) is 0 Å².